The maximum Gasteiger partial charge on any atom is 0.231 e. The Balaban J connectivity index is 1.37. The number of carbonyl (C=O) groups is 1. The summed E-state index contributed by atoms with van der Waals surface area (Å²) in [6, 6.07) is 8.40. The highest BCUT2D eigenvalue weighted by atomic mass is 32.2. The standard InChI is InChI=1S/C23H27N3OS/c1-14-3-2-4-18(5-14)26-21(19-12-28-13-20(19)25-26)24-22(27)23-9-15-6-16(10-23)8-17(7-15)11-23/h2-5,15-17H,6-13H2,1H3,(H,24,27). The number of rotatable bonds is 3. The largest absolute Gasteiger partial charge is 0.310 e. The number of nitrogens with zero attached hydrogens (tertiary/aromatic N) is 2. The van der Waals surface area contributed by atoms with Crippen LogP contribution in [0.1, 0.15) is 55.3 Å². The summed E-state index contributed by atoms with van der Waals surface area (Å²) in [6.45, 7) is 2.10. The Kier molecular flexibility index (Phi) is 3.75. The lowest BCUT2D eigenvalue weighted by Gasteiger charge is -2.55. The highest BCUT2D eigenvalue weighted by Gasteiger charge is 2.54. The summed E-state index contributed by atoms with van der Waals surface area (Å²) in [6.07, 6.45) is 7.38. The van der Waals surface area contributed by atoms with Gasteiger partial charge >= 0.3 is 0 Å². The number of anilines is 1. The summed E-state index contributed by atoms with van der Waals surface area (Å²) >= 11 is 1.89. The molecule has 2 heterocycles. The second-order valence-electron chi connectivity index (χ2n) is 9.67. The van der Waals surface area contributed by atoms with E-state index in [1.165, 1.54) is 30.4 Å². The third kappa shape index (κ3) is 2.58. The van der Waals surface area contributed by atoms with Crippen molar-refractivity contribution in [1.82, 2.24) is 9.78 Å². The second kappa shape index (κ2) is 6.12. The summed E-state index contributed by atoms with van der Waals surface area (Å²) in [4.78, 5) is 13.7. The van der Waals surface area contributed by atoms with Crippen LogP contribution in [0.2, 0.25) is 0 Å². The molecule has 4 bridgehead atoms. The Bertz CT molecular complexity index is 927. The topological polar surface area (TPSA) is 46.9 Å². The highest BCUT2D eigenvalue weighted by molar-refractivity contribution is 7.98. The van der Waals surface area contributed by atoms with Crippen molar-refractivity contribution in [3.05, 3.63) is 41.1 Å². The molecule has 1 amide bonds. The first-order valence-electron chi connectivity index (χ1n) is 10.7. The first kappa shape index (κ1) is 17.1. The fourth-order valence-electron chi connectivity index (χ4n) is 6.72. The number of hydrogen-bond acceptors (Lipinski definition) is 3. The Morgan fingerprint density at radius 1 is 1.14 bits per heavy atom. The van der Waals surface area contributed by atoms with Gasteiger partial charge in [-0.3, -0.25) is 4.79 Å². The Morgan fingerprint density at radius 2 is 1.86 bits per heavy atom. The molecule has 146 valence electrons. The number of carbonyl (C=O) groups excluding carboxylic acids is 1. The summed E-state index contributed by atoms with van der Waals surface area (Å²) in [5.74, 6) is 5.40. The zero-order chi connectivity index (χ0) is 18.9. The normalized spacial score (nSPS) is 32.5. The number of hydrogen-bond donors (Lipinski definition) is 1. The van der Waals surface area contributed by atoms with Gasteiger partial charge in [-0.05, 0) is 80.9 Å². The van der Waals surface area contributed by atoms with Gasteiger partial charge < -0.3 is 5.32 Å². The van der Waals surface area contributed by atoms with Gasteiger partial charge in [-0.2, -0.15) is 16.9 Å². The number of amides is 1. The quantitative estimate of drug-likeness (QED) is 0.791. The number of thioether (sulfide) groups is 1. The van der Waals surface area contributed by atoms with Crippen LogP contribution in [-0.4, -0.2) is 15.7 Å². The molecule has 0 spiro atoms. The minimum absolute atomic E-state index is 0.130. The van der Waals surface area contributed by atoms with Crippen LogP contribution in [0.15, 0.2) is 24.3 Å². The maximum absolute atomic E-state index is 13.7. The van der Waals surface area contributed by atoms with Gasteiger partial charge in [-0.25, -0.2) is 4.68 Å². The van der Waals surface area contributed by atoms with E-state index < -0.39 is 0 Å². The van der Waals surface area contributed by atoms with Crippen molar-refractivity contribution in [2.45, 2.75) is 57.0 Å². The van der Waals surface area contributed by atoms with E-state index in [2.05, 4.69) is 36.5 Å². The molecule has 5 heteroatoms. The van der Waals surface area contributed by atoms with Crippen molar-refractivity contribution in [1.29, 1.82) is 0 Å². The van der Waals surface area contributed by atoms with Crippen molar-refractivity contribution in [3.63, 3.8) is 0 Å². The molecule has 28 heavy (non-hydrogen) atoms. The lowest BCUT2D eigenvalue weighted by atomic mass is 9.49. The number of benzene rings is 1. The fourth-order valence-corrected chi connectivity index (χ4v) is 7.75. The van der Waals surface area contributed by atoms with E-state index in [1.807, 2.05) is 16.4 Å². The summed E-state index contributed by atoms with van der Waals surface area (Å²) in [5.41, 5.74) is 4.48. The van der Waals surface area contributed by atoms with Crippen LogP contribution in [0.4, 0.5) is 5.82 Å². The average Bonchev–Trinajstić information content (AvgIpc) is 3.23. The molecule has 1 N–H and O–H groups in total. The molecule has 0 radical (unpaired) electrons. The van der Waals surface area contributed by atoms with E-state index in [-0.39, 0.29) is 11.3 Å². The van der Waals surface area contributed by atoms with E-state index in [0.29, 0.717) is 0 Å². The molecule has 4 nitrogen and oxygen atoms in total. The van der Waals surface area contributed by atoms with Gasteiger partial charge in [0, 0.05) is 17.1 Å². The molecule has 1 aromatic carbocycles. The van der Waals surface area contributed by atoms with Crippen molar-refractivity contribution in [2.75, 3.05) is 5.32 Å². The molecule has 1 aliphatic heterocycles. The van der Waals surface area contributed by atoms with Crippen LogP contribution < -0.4 is 5.32 Å². The van der Waals surface area contributed by atoms with Gasteiger partial charge in [0.05, 0.1) is 16.8 Å². The van der Waals surface area contributed by atoms with Crippen molar-refractivity contribution in [3.8, 4) is 5.69 Å². The number of nitrogens with one attached hydrogen (secondary N) is 1. The van der Waals surface area contributed by atoms with E-state index >= 15 is 0 Å². The molecule has 2 aromatic rings. The molecule has 4 saturated carbocycles. The van der Waals surface area contributed by atoms with Gasteiger partial charge in [0.2, 0.25) is 5.91 Å². The molecule has 4 fully saturated rings. The van der Waals surface area contributed by atoms with Crippen LogP contribution in [0.3, 0.4) is 0 Å². The smallest absolute Gasteiger partial charge is 0.231 e. The summed E-state index contributed by atoms with van der Waals surface area (Å²) < 4.78 is 1.98. The Labute approximate surface area is 170 Å². The van der Waals surface area contributed by atoms with Gasteiger partial charge in [-0.1, -0.05) is 12.1 Å². The number of aromatic nitrogens is 2. The van der Waals surface area contributed by atoms with Gasteiger partial charge in [-0.15, -0.1) is 0 Å². The molecular formula is C23H27N3OS. The maximum atomic E-state index is 13.7. The van der Waals surface area contributed by atoms with Crippen LogP contribution >= 0.6 is 11.8 Å². The summed E-state index contributed by atoms with van der Waals surface area (Å²) in [5, 5.41) is 8.30. The molecule has 0 unspecified atom stereocenters. The molecular weight excluding hydrogens is 366 g/mol. The first-order valence-corrected chi connectivity index (χ1v) is 11.8. The third-order valence-corrected chi connectivity index (χ3v) is 8.52. The Hall–Kier alpha value is -1.75. The van der Waals surface area contributed by atoms with Gasteiger partial charge in [0.25, 0.3) is 0 Å². The van der Waals surface area contributed by atoms with Crippen LogP contribution in [0.25, 0.3) is 5.69 Å². The Morgan fingerprint density at radius 3 is 2.54 bits per heavy atom. The molecule has 0 atom stereocenters. The van der Waals surface area contributed by atoms with Gasteiger partial charge in [0.15, 0.2) is 0 Å². The number of fused-ring (bicyclic) bond motifs is 1. The van der Waals surface area contributed by atoms with E-state index in [9.17, 15) is 4.79 Å². The summed E-state index contributed by atoms with van der Waals surface area (Å²) in [7, 11) is 0. The van der Waals surface area contributed by atoms with Crippen LogP contribution in [0, 0.1) is 30.1 Å². The zero-order valence-electron chi connectivity index (χ0n) is 16.4. The average molecular weight is 394 g/mol. The van der Waals surface area contributed by atoms with Crippen molar-refractivity contribution in [2.24, 2.45) is 23.2 Å². The van der Waals surface area contributed by atoms with Crippen molar-refractivity contribution >= 4 is 23.5 Å². The molecule has 5 aliphatic rings. The van der Waals surface area contributed by atoms with E-state index in [0.717, 1.165) is 65.7 Å². The molecule has 1 aromatic heterocycles. The first-order chi connectivity index (χ1) is 13.6. The van der Waals surface area contributed by atoms with Crippen LogP contribution in [0.5, 0.6) is 0 Å². The van der Waals surface area contributed by atoms with E-state index in [4.69, 9.17) is 5.10 Å². The van der Waals surface area contributed by atoms with Gasteiger partial charge in [0.1, 0.15) is 5.82 Å². The predicted molar refractivity (Wildman–Crippen MR) is 113 cm³/mol. The van der Waals surface area contributed by atoms with Crippen LogP contribution in [-0.2, 0) is 16.3 Å². The third-order valence-electron chi connectivity index (χ3n) is 7.55. The minimum Gasteiger partial charge on any atom is -0.310 e. The van der Waals surface area contributed by atoms with E-state index in [1.54, 1.807) is 0 Å². The zero-order valence-corrected chi connectivity index (χ0v) is 17.2. The molecule has 0 saturated heterocycles. The number of aryl methyl sites for hydroxylation is 1. The fraction of sp³-hybridized carbons (Fsp3) is 0.565. The highest BCUT2D eigenvalue weighted by Crippen LogP contribution is 2.60. The molecule has 7 rings (SSSR count). The predicted octanol–water partition coefficient (Wildman–Crippen LogP) is 5.08. The lowest BCUT2D eigenvalue weighted by Crippen LogP contribution is -2.52. The SMILES string of the molecule is Cc1cccc(-n2nc3c(c2NC(=O)C24CC5CC(CC(C5)C2)C4)CSC3)c1. The lowest BCUT2D eigenvalue weighted by molar-refractivity contribution is -0.140. The molecule has 4 aliphatic carbocycles. The van der Waals surface area contributed by atoms with Crippen molar-refractivity contribution < 1.29 is 4.79 Å². The second-order valence-corrected chi connectivity index (χ2v) is 10.7. The minimum atomic E-state index is -0.130. The monoisotopic (exact) mass is 393 g/mol.